The van der Waals surface area contributed by atoms with Crippen molar-refractivity contribution in [3.05, 3.63) is 12.7 Å². The van der Waals surface area contributed by atoms with E-state index in [-0.39, 0.29) is 13.2 Å². The third-order valence-electron chi connectivity index (χ3n) is 1.28. The Kier molecular flexibility index (Phi) is 6.38. The molecule has 8 heteroatoms. The van der Waals surface area contributed by atoms with E-state index in [0.29, 0.717) is 0 Å². The Morgan fingerprint density at radius 1 is 1.60 bits per heavy atom. The summed E-state index contributed by atoms with van der Waals surface area (Å²) in [4.78, 5) is 19.0. The first kappa shape index (κ1) is 14.3. The molecule has 3 N–H and O–H groups in total. The van der Waals surface area contributed by atoms with Crippen molar-refractivity contribution in [3.63, 3.8) is 0 Å². The fraction of sp³-hybridized carbons (Fsp3) is 0.571. The van der Waals surface area contributed by atoms with Crippen molar-refractivity contribution in [3.8, 4) is 0 Å². The molecule has 0 aromatic rings. The Morgan fingerprint density at radius 3 is 2.60 bits per heavy atom. The average Bonchev–Trinajstić information content (AvgIpc) is 2.16. The number of aliphatic hydroxyl groups excluding tert-OH is 1. The van der Waals surface area contributed by atoms with Gasteiger partial charge in [-0.05, 0) is 0 Å². The minimum atomic E-state index is -4.73. The molecule has 0 spiro atoms. The molecule has 88 valence electrons. The van der Waals surface area contributed by atoms with E-state index in [1.807, 2.05) is 0 Å². The highest BCUT2D eigenvalue weighted by Gasteiger charge is 2.33. The number of rotatable bonds is 8. The maximum atomic E-state index is 10.9. The largest absolute Gasteiger partial charge is 0.472 e. The molecule has 0 rings (SSSR count). The van der Waals surface area contributed by atoms with Crippen molar-refractivity contribution in [1.29, 1.82) is 0 Å². The zero-order valence-electron chi connectivity index (χ0n) is 7.90. The van der Waals surface area contributed by atoms with Crippen molar-refractivity contribution in [1.82, 2.24) is 0 Å². The van der Waals surface area contributed by atoms with Crippen LogP contribution < -0.4 is 0 Å². The standard InChI is InChI=1S/C7H13O7P/c1-2-3-13-5-6(4-8)14-15(11,12)7(9)10/h2,6,8H,1,3-5H2,(H,9,10)(H,11,12)/t6-/m0/s1. The monoisotopic (exact) mass is 240 g/mol. The predicted octanol–water partition coefficient (Wildman–Crippen LogP) is 0.430. The van der Waals surface area contributed by atoms with E-state index in [4.69, 9.17) is 19.8 Å². The first-order valence-corrected chi connectivity index (χ1v) is 5.56. The minimum Gasteiger partial charge on any atom is -0.472 e. The summed E-state index contributed by atoms with van der Waals surface area (Å²) < 4.78 is 20.0. The molecule has 0 aliphatic heterocycles. The molecule has 0 aliphatic rings. The number of aliphatic hydroxyl groups is 1. The van der Waals surface area contributed by atoms with Crippen molar-refractivity contribution >= 4 is 13.3 Å². The van der Waals surface area contributed by atoms with E-state index in [9.17, 15) is 9.36 Å². The van der Waals surface area contributed by atoms with Gasteiger partial charge >= 0.3 is 13.3 Å². The highest BCUT2D eigenvalue weighted by atomic mass is 31.2. The summed E-state index contributed by atoms with van der Waals surface area (Å²) >= 11 is 0. The Labute approximate surface area is 86.5 Å². The van der Waals surface area contributed by atoms with Gasteiger partial charge in [0, 0.05) is 0 Å². The normalized spacial score (nSPS) is 16.7. The molecule has 0 fully saturated rings. The van der Waals surface area contributed by atoms with Crippen LogP contribution in [-0.4, -0.2) is 46.7 Å². The van der Waals surface area contributed by atoms with Crippen LogP contribution in [0.3, 0.4) is 0 Å². The van der Waals surface area contributed by atoms with Gasteiger partial charge in [0.05, 0.1) is 19.8 Å². The molecule has 0 radical (unpaired) electrons. The number of carboxylic acid groups (broad SMARTS) is 1. The van der Waals surface area contributed by atoms with E-state index in [1.54, 1.807) is 0 Å². The van der Waals surface area contributed by atoms with Gasteiger partial charge < -0.3 is 19.8 Å². The summed E-state index contributed by atoms with van der Waals surface area (Å²) in [5, 5.41) is 17.0. The van der Waals surface area contributed by atoms with Crippen molar-refractivity contribution in [2.45, 2.75) is 6.10 Å². The van der Waals surface area contributed by atoms with Crippen LogP contribution in [0.15, 0.2) is 12.7 Å². The van der Waals surface area contributed by atoms with Crippen LogP contribution in [0.1, 0.15) is 0 Å². The second-order valence-electron chi connectivity index (χ2n) is 2.54. The first-order chi connectivity index (χ1) is 6.94. The molecule has 7 nitrogen and oxygen atoms in total. The third-order valence-corrected chi connectivity index (χ3v) is 2.34. The van der Waals surface area contributed by atoms with Crippen LogP contribution in [0.4, 0.5) is 4.79 Å². The quantitative estimate of drug-likeness (QED) is 0.320. The molecular weight excluding hydrogens is 227 g/mol. The molecule has 2 atom stereocenters. The summed E-state index contributed by atoms with van der Waals surface area (Å²) in [6, 6.07) is 0. The zero-order chi connectivity index (χ0) is 11.9. The van der Waals surface area contributed by atoms with Gasteiger partial charge in [-0.3, -0.25) is 4.52 Å². The van der Waals surface area contributed by atoms with Crippen molar-refractivity contribution in [2.24, 2.45) is 0 Å². The molecule has 0 heterocycles. The van der Waals surface area contributed by atoms with E-state index in [0.717, 1.165) is 0 Å². The summed E-state index contributed by atoms with van der Waals surface area (Å²) in [6.45, 7) is 2.72. The van der Waals surface area contributed by atoms with Crippen LogP contribution in [0.5, 0.6) is 0 Å². The molecule has 0 amide bonds. The average molecular weight is 240 g/mol. The molecule has 0 saturated heterocycles. The van der Waals surface area contributed by atoms with Gasteiger partial charge in [0.15, 0.2) is 0 Å². The fourth-order valence-corrected chi connectivity index (χ4v) is 1.27. The van der Waals surface area contributed by atoms with Gasteiger partial charge in [-0.1, -0.05) is 6.08 Å². The second kappa shape index (κ2) is 6.71. The number of hydrogen-bond acceptors (Lipinski definition) is 5. The lowest BCUT2D eigenvalue weighted by atomic mass is 10.4. The van der Waals surface area contributed by atoms with Gasteiger partial charge in [0.25, 0.3) is 0 Å². The molecular formula is C7H13O7P. The maximum absolute atomic E-state index is 10.9. The lowest BCUT2D eigenvalue weighted by molar-refractivity contribution is 0.0240. The molecule has 15 heavy (non-hydrogen) atoms. The SMILES string of the molecule is C=CCOC[C@H](CO)OP(=O)(O)C(=O)O. The maximum Gasteiger partial charge on any atom is 0.436 e. The van der Waals surface area contributed by atoms with Gasteiger partial charge in [-0.2, -0.15) is 0 Å². The second-order valence-corrected chi connectivity index (χ2v) is 4.17. The smallest absolute Gasteiger partial charge is 0.436 e. The number of carbonyl (C=O) groups is 1. The first-order valence-electron chi connectivity index (χ1n) is 3.98. The topological polar surface area (TPSA) is 113 Å². The fourth-order valence-electron chi connectivity index (χ4n) is 0.646. The molecule has 0 saturated carbocycles. The van der Waals surface area contributed by atoms with E-state index >= 15 is 0 Å². The summed E-state index contributed by atoms with van der Waals surface area (Å²) in [6.07, 6.45) is 0.279. The van der Waals surface area contributed by atoms with Crippen molar-refractivity contribution in [2.75, 3.05) is 19.8 Å². The lowest BCUT2D eigenvalue weighted by Crippen LogP contribution is -2.24. The molecule has 0 aromatic heterocycles. The molecule has 0 bridgehead atoms. The summed E-state index contributed by atoms with van der Waals surface area (Å²) in [5.74, 6) is 0. The highest BCUT2D eigenvalue weighted by molar-refractivity contribution is 7.70. The molecule has 1 unspecified atom stereocenters. The van der Waals surface area contributed by atoms with E-state index in [1.165, 1.54) is 6.08 Å². The van der Waals surface area contributed by atoms with Gasteiger partial charge in [-0.25, -0.2) is 9.36 Å². The molecule has 0 aromatic carbocycles. The highest BCUT2D eigenvalue weighted by Crippen LogP contribution is 2.43. The minimum absolute atomic E-state index is 0.169. The zero-order valence-corrected chi connectivity index (χ0v) is 8.80. The Morgan fingerprint density at radius 2 is 2.20 bits per heavy atom. The lowest BCUT2D eigenvalue weighted by Gasteiger charge is -2.16. The van der Waals surface area contributed by atoms with Crippen LogP contribution in [0, 0.1) is 0 Å². The predicted molar refractivity (Wildman–Crippen MR) is 50.8 cm³/mol. The van der Waals surface area contributed by atoms with Crippen molar-refractivity contribution < 1.29 is 33.7 Å². The Hall–Kier alpha value is -0.720. The van der Waals surface area contributed by atoms with Crippen LogP contribution in [0.25, 0.3) is 0 Å². The Bertz CT molecular complexity index is 264. The van der Waals surface area contributed by atoms with E-state index in [2.05, 4.69) is 11.1 Å². The van der Waals surface area contributed by atoms with Gasteiger partial charge in [-0.15, -0.1) is 6.58 Å². The third kappa shape index (κ3) is 5.66. The van der Waals surface area contributed by atoms with Gasteiger partial charge in [0.2, 0.25) is 0 Å². The van der Waals surface area contributed by atoms with Crippen LogP contribution in [-0.2, 0) is 13.8 Å². The molecule has 0 aliphatic carbocycles. The van der Waals surface area contributed by atoms with E-state index < -0.39 is 26.0 Å². The Balaban J connectivity index is 4.14. The summed E-state index contributed by atoms with van der Waals surface area (Å²) in [5.41, 5.74) is -1.97. The summed E-state index contributed by atoms with van der Waals surface area (Å²) in [7, 11) is -4.73. The number of hydrogen-bond donors (Lipinski definition) is 3. The number of ether oxygens (including phenoxy) is 1. The van der Waals surface area contributed by atoms with Crippen LogP contribution >= 0.6 is 7.60 Å². The van der Waals surface area contributed by atoms with Crippen LogP contribution in [0.2, 0.25) is 0 Å². The van der Waals surface area contributed by atoms with Gasteiger partial charge in [0.1, 0.15) is 6.10 Å².